The molecule has 0 saturated carbocycles. The highest BCUT2D eigenvalue weighted by Crippen LogP contribution is 2.11. The predicted octanol–water partition coefficient (Wildman–Crippen LogP) is 2.09. The molecular formula is C11H10BrNO. The normalized spacial score (nSPS) is 9.14. The van der Waals surface area contributed by atoms with Gasteiger partial charge in [0.25, 0.3) is 0 Å². The van der Waals surface area contributed by atoms with E-state index in [9.17, 15) is 4.79 Å². The van der Waals surface area contributed by atoms with Crippen LogP contribution < -0.4 is 5.32 Å². The number of carbonyl (C=O) groups is 1. The van der Waals surface area contributed by atoms with Gasteiger partial charge in [0.15, 0.2) is 0 Å². The molecule has 0 fully saturated rings. The van der Waals surface area contributed by atoms with E-state index in [2.05, 4.69) is 27.2 Å². The lowest BCUT2D eigenvalue weighted by molar-refractivity contribution is -0.120. The minimum atomic E-state index is -0.118. The van der Waals surface area contributed by atoms with E-state index in [0.29, 0.717) is 6.54 Å². The molecule has 0 unspecified atom stereocenters. The minimum absolute atomic E-state index is 0.118. The van der Waals surface area contributed by atoms with Crippen LogP contribution in [0.15, 0.2) is 28.7 Å². The Morgan fingerprint density at radius 1 is 1.57 bits per heavy atom. The molecule has 1 aromatic rings. The van der Waals surface area contributed by atoms with Crippen molar-refractivity contribution in [3.8, 4) is 12.3 Å². The van der Waals surface area contributed by atoms with E-state index >= 15 is 0 Å². The maximum Gasteiger partial charge on any atom is 0.232 e. The summed E-state index contributed by atoms with van der Waals surface area (Å²) in [4.78, 5) is 11.0. The van der Waals surface area contributed by atoms with Gasteiger partial charge in [0.1, 0.15) is 0 Å². The van der Waals surface area contributed by atoms with Crippen molar-refractivity contribution in [3.63, 3.8) is 0 Å². The van der Waals surface area contributed by atoms with Gasteiger partial charge in [-0.25, -0.2) is 0 Å². The van der Waals surface area contributed by atoms with Crippen molar-refractivity contribution in [3.05, 3.63) is 34.3 Å². The Kier molecular flexibility index (Phi) is 4.21. The summed E-state index contributed by atoms with van der Waals surface area (Å²) in [7, 11) is 0. The molecule has 0 aliphatic carbocycles. The Morgan fingerprint density at radius 2 is 2.36 bits per heavy atom. The first kappa shape index (κ1) is 10.8. The Balaban J connectivity index is 2.46. The van der Waals surface area contributed by atoms with E-state index in [1.54, 1.807) is 0 Å². The van der Waals surface area contributed by atoms with Crippen LogP contribution in [-0.4, -0.2) is 5.91 Å². The van der Waals surface area contributed by atoms with Gasteiger partial charge in [0, 0.05) is 11.0 Å². The fourth-order valence-corrected chi connectivity index (χ4v) is 1.45. The highest BCUT2D eigenvalue weighted by molar-refractivity contribution is 9.10. The predicted molar refractivity (Wildman–Crippen MR) is 59.4 cm³/mol. The van der Waals surface area contributed by atoms with E-state index in [0.717, 1.165) is 10.0 Å². The van der Waals surface area contributed by atoms with Gasteiger partial charge in [-0.15, -0.1) is 6.42 Å². The fourth-order valence-electron chi connectivity index (χ4n) is 1.00. The summed E-state index contributed by atoms with van der Waals surface area (Å²) in [6.07, 6.45) is 5.14. The smallest absolute Gasteiger partial charge is 0.232 e. The zero-order valence-electron chi connectivity index (χ0n) is 7.59. The molecule has 0 saturated heterocycles. The highest BCUT2D eigenvalue weighted by Gasteiger charge is 1.98. The number of nitrogens with one attached hydrogen (secondary N) is 1. The summed E-state index contributed by atoms with van der Waals surface area (Å²) in [5.74, 6) is 2.18. The summed E-state index contributed by atoms with van der Waals surface area (Å²) in [6, 6.07) is 7.76. The SMILES string of the molecule is C#CCC(=O)NCc1cccc(Br)c1. The second-order valence-corrected chi connectivity index (χ2v) is 3.70. The third-order valence-corrected chi connectivity index (χ3v) is 2.13. The van der Waals surface area contributed by atoms with Crippen LogP contribution in [0.1, 0.15) is 12.0 Å². The first-order chi connectivity index (χ1) is 6.72. The summed E-state index contributed by atoms with van der Waals surface area (Å²) in [6.45, 7) is 0.514. The van der Waals surface area contributed by atoms with E-state index in [1.165, 1.54) is 0 Å². The second-order valence-electron chi connectivity index (χ2n) is 2.79. The molecule has 0 aliphatic rings. The van der Waals surface area contributed by atoms with Crippen LogP contribution in [0.2, 0.25) is 0 Å². The molecule has 2 nitrogen and oxygen atoms in total. The lowest BCUT2D eigenvalue weighted by atomic mass is 10.2. The van der Waals surface area contributed by atoms with Crippen LogP contribution in [0.5, 0.6) is 0 Å². The molecule has 1 rings (SSSR count). The van der Waals surface area contributed by atoms with Crippen LogP contribution in [-0.2, 0) is 11.3 Å². The number of halogens is 1. The Labute approximate surface area is 91.8 Å². The lowest BCUT2D eigenvalue weighted by Crippen LogP contribution is -2.21. The average Bonchev–Trinajstić information content (AvgIpc) is 2.15. The van der Waals surface area contributed by atoms with Crippen molar-refractivity contribution >= 4 is 21.8 Å². The average molecular weight is 252 g/mol. The van der Waals surface area contributed by atoms with Crippen LogP contribution in [0.25, 0.3) is 0 Å². The quantitative estimate of drug-likeness (QED) is 0.820. The van der Waals surface area contributed by atoms with Crippen molar-refractivity contribution in [1.29, 1.82) is 0 Å². The molecule has 1 N–H and O–H groups in total. The number of benzene rings is 1. The van der Waals surface area contributed by atoms with Crippen molar-refractivity contribution < 1.29 is 4.79 Å². The molecule has 1 amide bonds. The Morgan fingerprint density at radius 3 is 3.00 bits per heavy atom. The summed E-state index contributed by atoms with van der Waals surface area (Å²) < 4.78 is 1.00. The molecular weight excluding hydrogens is 242 g/mol. The Bertz CT molecular complexity index is 368. The molecule has 0 aliphatic heterocycles. The molecule has 72 valence electrons. The van der Waals surface area contributed by atoms with Crippen molar-refractivity contribution in [2.45, 2.75) is 13.0 Å². The number of carbonyl (C=O) groups excluding carboxylic acids is 1. The number of terminal acetylenes is 1. The van der Waals surface area contributed by atoms with Gasteiger partial charge in [-0.1, -0.05) is 34.0 Å². The molecule has 14 heavy (non-hydrogen) atoms. The van der Waals surface area contributed by atoms with Crippen molar-refractivity contribution in [2.75, 3.05) is 0 Å². The number of hydrogen-bond donors (Lipinski definition) is 1. The van der Waals surface area contributed by atoms with Gasteiger partial charge < -0.3 is 5.32 Å². The van der Waals surface area contributed by atoms with Gasteiger partial charge in [-0.3, -0.25) is 4.79 Å². The molecule has 0 atom stereocenters. The number of amides is 1. The fraction of sp³-hybridized carbons (Fsp3) is 0.182. The minimum Gasteiger partial charge on any atom is -0.351 e. The van der Waals surface area contributed by atoms with Gasteiger partial charge in [-0.05, 0) is 17.7 Å². The largest absolute Gasteiger partial charge is 0.351 e. The third kappa shape index (κ3) is 3.63. The summed E-state index contributed by atoms with van der Waals surface area (Å²) >= 11 is 3.35. The Hall–Kier alpha value is -1.27. The second kappa shape index (κ2) is 5.46. The van der Waals surface area contributed by atoms with Gasteiger partial charge in [0.2, 0.25) is 5.91 Å². The zero-order chi connectivity index (χ0) is 10.4. The molecule has 0 radical (unpaired) electrons. The van der Waals surface area contributed by atoms with E-state index < -0.39 is 0 Å². The van der Waals surface area contributed by atoms with Gasteiger partial charge in [-0.2, -0.15) is 0 Å². The van der Waals surface area contributed by atoms with Crippen LogP contribution >= 0.6 is 15.9 Å². The van der Waals surface area contributed by atoms with Crippen molar-refractivity contribution in [1.82, 2.24) is 5.32 Å². The molecule has 0 bridgehead atoms. The van der Waals surface area contributed by atoms with E-state index in [4.69, 9.17) is 6.42 Å². The first-order valence-corrected chi connectivity index (χ1v) is 4.96. The first-order valence-electron chi connectivity index (χ1n) is 4.17. The van der Waals surface area contributed by atoms with Crippen LogP contribution in [0.4, 0.5) is 0 Å². The zero-order valence-corrected chi connectivity index (χ0v) is 9.17. The maximum atomic E-state index is 11.0. The molecule has 0 aromatic heterocycles. The maximum absolute atomic E-state index is 11.0. The standard InChI is InChI=1S/C11H10BrNO/c1-2-4-11(14)13-8-9-5-3-6-10(12)7-9/h1,3,5-7H,4,8H2,(H,13,14). The van der Waals surface area contributed by atoms with Gasteiger partial charge >= 0.3 is 0 Å². The molecule has 0 spiro atoms. The topological polar surface area (TPSA) is 29.1 Å². The summed E-state index contributed by atoms with van der Waals surface area (Å²) in [5, 5.41) is 2.72. The van der Waals surface area contributed by atoms with Gasteiger partial charge in [0.05, 0.1) is 6.42 Å². The lowest BCUT2D eigenvalue weighted by Gasteiger charge is -2.03. The number of hydrogen-bond acceptors (Lipinski definition) is 1. The summed E-state index contributed by atoms with van der Waals surface area (Å²) in [5.41, 5.74) is 1.05. The monoisotopic (exact) mass is 251 g/mol. The number of rotatable bonds is 3. The highest BCUT2D eigenvalue weighted by atomic mass is 79.9. The molecule has 1 aromatic carbocycles. The van der Waals surface area contributed by atoms with Crippen molar-refractivity contribution in [2.24, 2.45) is 0 Å². The third-order valence-electron chi connectivity index (χ3n) is 1.64. The van der Waals surface area contributed by atoms with Crippen LogP contribution in [0, 0.1) is 12.3 Å². The van der Waals surface area contributed by atoms with E-state index in [1.807, 2.05) is 24.3 Å². The molecule has 0 heterocycles. The van der Waals surface area contributed by atoms with E-state index in [-0.39, 0.29) is 12.3 Å². The molecule has 3 heteroatoms. The van der Waals surface area contributed by atoms with Crippen LogP contribution in [0.3, 0.4) is 0 Å².